The SMILES string of the molecule is N[C@H]1CN(C(=O)Cn2cc(Cl)cn2)C[C@@H]1C1CC1. The highest BCUT2D eigenvalue weighted by Gasteiger charge is 2.42. The van der Waals surface area contributed by atoms with E-state index in [2.05, 4.69) is 5.10 Å². The van der Waals surface area contributed by atoms with Crippen LogP contribution in [-0.2, 0) is 11.3 Å². The van der Waals surface area contributed by atoms with Crippen LogP contribution in [0.15, 0.2) is 12.4 Å². The van der Waals surface area contributed by atoms with Gasteiger partial charge in [0, 0.05) is 25.3 Å². The van der Waals surface area contributed by atoms with E-state index in [9.17, 15) is 4.79 Å². The van der Waals surface area contributed by atoms with E-state index in [0.29, 0.717) is 17.5 Å². The summed E-state index contributed by atoms with van der Waals surface area (Å²) in [5.41, 5.74) is 6.11. The second-order valence-electron chi connectivity index (χ2n) is 5.32. The van der Waals surface area contributed by atoms with Gasteiger partial charge in [-0.25, -0.2) is 0 Å². The van der Waals surface area contributed by atoms with Crippen molar-refractivity contribution in [2.24, 2.45) is 17.6 Å². The van der Waals surface area contributed by atoms with Crippen LogP contribution in [0.25, 0.3) is 0 Å². The van der Waals surface area contributed by atoms with Gasteiger partial charge in [-0.15, -0.1) is 0 Å². The van der Waals surface area contributed by atoms with Gasteiger partial charge in [0.1, 0.15) is 6.54 Å². The van der Waals surface area contributed by atoms with Crippen molar-refractivity contribution in [3.63, 3.8) is 0 Å². The fourth-order valence-electron chi connectivity index (χ4n) is 2.74. The number of nitrogens with zero attached hydrogens (tertiary/aromatic N) is 3. The van der Waals surface area contributed by atoms with E-state index < -0.39 is 0 Å². The van der Waals surface area contributed by atoms with E-state index >= 15 is 0 Å². The molecule has 6 heteroatoms. The van der Waals surface area contributed by atoms with Crippen molar-refractivity contribution in [3.05, 3.63) is 17.4 Å². The monoisotopic (exact) mass is 268 g/mol. The Morgan fingerprint density at radius 3 is 2.89 bits per heavy atom. The molecule has 2 N–H and O–H groups in total. The standard InChI is InChI=1S/C12H17ClN4O/c13-9-3-15-17(4-9)7-12(18)16-5-10(8-1-2-8)11(14)6-16/h3-4,8,10-11H,1-2,5-7,14H2/t10-,11+/m1/s1. The van der Waals surface area contributed by atoms with Gasteiger partial charge in [-0.2, -0.15) is 5.10 Å². The van der Waals surface area contributed by atoms with Gasteiger partial charge in [0.15, 0.2) is 0 Å². The average Bonchev–Trinajstić information content (AvgIpc) is 2.98. The topological polar surface area (TPSA) is 64.2 Å². The van der Waals surface area contributed by atoms with Crippen LogP contribution in [-0.4, -0.2) is 39.7 Å². The number of carbonyl (C=O) groups is 1. The summed E-state index contributed by atoms with van der Waals surface area (Å²) >= 11 is 5.77. The Hall–Kier alpha value is -1.07. The molecule has 2 aliphatic rings. The van der Waals surface area contributed by atoms with Crippen LogP contribution < -0.4 is 5.73 Å². The summed E-state index contributed by atoms with van der Waals surface area (Å²) in [4.78, 5) is 14.0. The third-order valence-electron chi connectivity index (χ3n) is 3.89. The summed E-state index contributed by atoms with van der Waals surface area (Å²) in [7, 11) is 0. The molecule has 1 amide bonds. The Bertz CT molecular complexity index is 457. The zero-order valence-corrected chi connectivity index (χ0v) is 10.9. The number of carbonyl (C=O) groups excluding carboxylic acids is 1. The average molecular weight is 269 g/mol. The van der Waals surface area contributed by atoms with E-state index in [1.54, 1.807) is 10.9 Å². The van der Waals surface area contributed by atoms with Gasteiger partial charge < -0.3 is 10.6 Å². The van der Waals surface area contributed by atoms with Crippen molar-refractivity contribution in [3.8, 4) is 0 Å². The molecule has 1 aliphatic carbocycles. The lowest BCUT2D eigenvalue weighted by Crippen LogP contribution is -2.34. The molecular weight excluding hydrogens is 252 g/mol. The van der Waals surface area contributed by atoms with E-state index in [1.165, 1.54) is 19.0 Å². The second-order valence-corrected chi connectivity index (χ2v) is 5.76. The molecule has 0 bridgehead atoms. The summed E-state index contributed by atoms with van der Waals surface area (Å²) in [6, 6.07) is 0.141. The Balaban J connectivity index is 1.60. The quantitative estimate of drug-likeness (QED) is 0.879. The second kappa shape index (κ2) is 4.55. The van der Waals surface area contributed by atoms with Crippen molar-refractivity contribution in [2.75, 3.05) is 13.1 Å². The van der Waals surface area contributed by atoms with Gasteiger partial charge >= 0.3 is 0 Å². The number of aromatic nitrogens is 2. The first-order valence-electron chi connectivity index (χ1n) is 6.35. The maximum absolute atomic E-state index is 12.1. The van der Waals surface area contributed by atoms with Crippen LogP contribution in [0.2, 0.25) is 5.02 Å². The highest BCUT2D eigenvalue weighted by atomic mass is 35.5. The third-order valence-corrected chi connectivity index (χ3v) is 4.09. The largest absolute Gasteiger partial charge is 0.339 e. The van der Waals surface area contributed by atoms with Crippen LogP contribution in [0, 0.1) is 11.8 Å². The summed E-state index contributed by atoms with van der Waals surface area (Å²) in [6.07, 6.45) is 5.75. The van der Waals surface area contributed by atoms with Crippen molar-refractivity contribution < 1.29 is 4.79 Å². The fourth-order valence-corrected chi connectivity index (χ4v) is 2.90. The number of nitrogens with two attached hydrogens (primary N) is 1. The minimum absolute atomic E-state index is 0.0772. The van der Waals surface area contributed by atoms with Gasteiger partial charge in [-0.3, -0.25) is 9.48 Å². The predicted octanol–water partition coefficient (Wildman–Crippen LogP) is 0.732. The molecule has 1 aromatic rings. The molecular formula is C12H17ClN4O. The molecule has 1 saturated carbocycles. The predicted molar refractivity (Wildman–Crippen MR) is 68.0 cm³/mol. The van der Waals surface area contributed by atoms with Gasteiger partial charge in [0.25, 0.3) is 0 Å². The normalized spacial score (nSPS) is 27.8. The van der Waals surface area contributed by atoms with Gasteiger partial charge in [0.2, 0.25) is 5.91 Å². The van der Waals surface area contributed by atoms with Crippen LogP contribution in [0.3, 0.4) is 0 Å². The number of amides is 1. The number of halogens is 1. The molecule has 18 heavy (non-hydrogen) atoms. The zero-order valence-electron chi connectivity index (χ0n) is 10.1. The van der Waals surface area contributed by atoms with E-state index in [1.807, 2.05) is 4.90 Å². The highest BCUT2D eigenvalue weighted by molar-refractivity contribution is 6.30. The summed E-state index contributed by atoms with van der Waals surface area (Å²) in [6.45, 7) is 1.73. The Morgan fingerprint density at radius 2 is 2.28 bits per heavy atom. The van der Waals surface area contributed by atoms with Gasteiger partial charge in [-0.1, -0.05) is 11.6 Å². The van der Waals surface area contributed by atoms with Crippen molar-refractivity contribution in [1.29, 1.82) is 0 Å². The van der Waals surface area contributed by atoms with Crippen LogP contribution in [0.5, 0.6) is 0 Å². The number of likely N-dealkylation sites (tertiary alicyclic amines) is 1. The third kappa shape index (κ3) is 2.37. The van der Waals surface area contributed by atoms with Crippen molar-refractivity contribution >= 4 is 17.5 Å². The smallest absolute Gasteiger partial charge is 0.244 e. The molecule has 2 atom stereocenters. The maximum Gasteiger partial charge on any atom is 0.244 e. The lowest BCUT2D eigenvalue weighted by Gasteiger charge is -2.16. The van der Waals surface area contributed by atoms with Crippen LogP contribution in [0.1, 0.15) is 12.8 Å². The van der Waals surface area contributed by atoms with E-state index in [4.69, 9.17) is 17.3 Å². The molecule has 0 radical (unpaired) electrons. The first-order chi connectivity index (χ1) is 8.63. The Labute approximate surface area is 111 Å². The van der Waals surface area contributed by atoms with Crippen molar-refractivity contribution in [2.45, 2.75) is 25.4 Å². The first kappa shape index (κ1) is 12.0. The Kier molecular flexibility index (Phi) is 3.03. The molecule has 98 valence electrons. The van der Waals surface area contributed by atoms with E-state index in [0.717, 1.165) is 12.5 Å². The lowest BCUT2D eigenvalue weighted by molar-refractivity contribution is -0.131. The molecule has 1 aromatic heterocycles. The maximum atomic E-state index is 12.1. The molecule has 1 saturated heterocycles. The summed E-state index contributed by atoms with van der Waals surface area (Å²) in [5.74, 6) is 1.32. The summed E-state index contributed by atoms with van der Waals surface area (Å²) < 4.78 is 1.57. The highest BCUT2D eigenvalue weighted by Crippen LogP contribution is 2.40. The fraction of sp³-hybridized carbons (Fsp3) is 0.667. The summed E-state index contributed by atoms with van der Waals surface area (Å²) in [5, 5.41) is 4.57. The van der Waals surface area contributed by atoms with Crippen LogP contribution >= 0.6 is 11.6 Å². The number of hydrogen-bond acceptors (Lipinski definition) is 3. The van der Waals surface area contributed by atoms with Crippen molar-refractivity contribution in [1.82, 2.24) is 14.7 Å². The van der Waals surface area contributed by atoms with Gasteiger partial charge in [-0.05, 0) is 24.7 Å². The molecule has 0 unspecified atom stereocenters. The lowest BCUT2D eigenvalue weighted by atomic mass is 9.99. The molecule has 0 aromatic carbocycles. The zero-order chi connectivity index (χ0) is 12.7. The molecule has 5 nitrogen and oxygen atoms in total. The molecule has 2 heterocycles. The molecule has 1 aliphatic heterocycles. The van der Waals surface area contributed by atoms with Crippen LogP contribution in [0.4, 0.5) is 0 Å². The molecule has 2 fully saturated rings. The molecule has 3 rings (SSSR count). The number of hydrogen-bond donors (Lipinski definition) is 1. The molecule has 0 spiro atoms. The first-order valence-corrected chi connectivity index (χ1v) is 6.72. The van der Waals surface area contributed by atoms with E-state index in [-0.39, 0.29) is 18.5 Å². The number of rotatable bonds is 3. The minimum atomic E-state index is 0.0772. The minimum Gasteiger partial charge on any atom is -0.339 e. The Morgan fingerprint density at radius 1 is 1.50 bits per heavy atom. The van der Waals surface area contributed by atoms with Gasteiger partial charge in [0.05, 0.1) is 11.2 Å².